The maximum Gasteiger partial charge on any atom is 0.323 e. The Hall–Kier alpha value is -1.75. The minimum absolute atomic E-state index is 0.0531. The van der Waals surface area contributed by atoms with Gasteiger partial charge < -0.3 is 9.47 Å². The summed E-state index contributed by atoms with van der Waals surface area (Å²) in [5.74, 6) is -0.297. The molecule has 3 saturated heterocycles. The number of rotatable bonds is 1. The van der Waals surface area contributed by atoms with Crippen LogP contribution in [0.5, 0.6) is 0 Å². The molecule has 29 heavy (non-hydrogen) atoms. The molecule has 4 rings (SSSR count). The zero-order chi connectivity index (χ0) is 21.1. The molecule has 4 aliphatic rings. The molecular formula is C24H32O5. The molecule has 1 spiro atoms. The first-order valence-corrected chi connectivity index (χ1v) is 10.9. The molecule has 0 saturated carbocycles. The van der Waals surface area contributed by atoms with Gasteiger partial charge in [0.1, 0.15) is 18.0 Å². The summed E-state index contributed by atoms with van der Waals surface area (Å²) in [6.45, 7) is 12.0. The number of hydrogen-bond acceptors (Lipinski definition) is 5. The fraction of sp³-hybridized carbons (Fsp3) is 0.708. The second-order valence-corrected chi connectivity index (χ2v) is 10.1. The van der Waals surface area contributed by atoms with Crippen LogP contribution in [0.1, 0.15) is 59.8 Å². The predicted octanol–water partition coefficient (Wildman–Crippen LogP) is 3.81. The van der Waals surface area contributed by atoms with E-state index in [2.05, 4.69) is 20.4 Å². The average Bonchev–Trinajstić information content (AvgIpc) is 2.86. The van der Waals surface area contributed by atoms with Crippen LogP contribution in [0.2, 0.25) is 0 Å². The van der Waals surface area contributed by atoms with Crippen molar-refractivity contribution in [2.75, 3.05) is 0 Å². The van der Waals surface area contributed by atoms with Gasteiger partial charge in [0.15, 0.2) is 11.2 Å². The topological polar surface area (TPSA) is 69.7 Å². The first kappa shape index (κ1) is 20.5. The van der Waals surface area contributed by atoms with E-state index in [1.165, 1.54) is 0 Å². The van der Waals surface area contributed by atoms with Gasteiger partial charge in [0.2, 0.25) is 0 Å². The van der Waals surface area contributed by atoms with Crippen LogP contribution in [0.25, 0.3) is 0 Å². The van der Waals surface area contributed by atoms with Crippen LogP contribution in [0.15, 0.2) is 23.8 Å². The van der Waals surface area contributed by atoms with Crippen LogP contribution >= 0.6 is 0 Å². The highest BCUT2D eigenvalue weighted by molar-refractivity contribution is 6.14. The van der Waals surface area contributed by atoms with Crippen molar-refractivity contribution in [1.82, 2.24) is 0 Å². The van der Waals surface area contributed by atoms with E-state index in [0.717, 1.165) is 37.5 Å². The van der Waals surface area contributed by atoms with Crippen molar-refractivity contribution >= 4 is 18.0 Å². The highest BCUT2D eigenvalue weighted by Crippen LogP contribution is 2.57. The lowest BCUT2D eigenvalue weighted by molar-refractivity contribution is -0.175. The summed E-state index contributed by atoms with van der Waals surface area (Å²) in [4.78, 5) is 38.2. The summed E-state index contributed by atoms with van der Waals surface area (Å²) in [7, 11) is 0. The zero-order valence-corrected chi connectivity index (χ0v) is 17.9. The third-order valence-electron chi connectivity index (χ3n) is 7.92. The van der Waals surface area contributed by atoms with E-state index >= 15 is 0 Å². The second-order valence-electron chi connectivity index (χ2n) is 10.1. The lowest BCUT2D eigenvalue weighted by Crippen LogP contribution is -2.61. The summed E-state index contributed by atoms with van der Waals surface area (Å²) >= 11 is 0. The number of Topliss-reactive ketones (excluding diaryl/α,β-unsaturated/α-hetero) is 1. The molecule has 0 aromatic rings. The Morgan fingerprint density at radius 2 is 1.93 bits per heavy atom. The van der Waals surface area contributed by atoms with Gasteiger partial charge in [-0.3, -0.25) is 14.4 Å². The highest BCUT2D eigenvalue weighted by atomic mass is 16.6. The number of hydrogen-bond donors (Lipinski definition) is 0. The minimum Gasteiger partial charge on any atom is -0.455 e. The standard InChI is InChI=1S/C24H32O5/c1-13-7-6-8-18-10-17(12-25)15(3)11-24(18)21-23(5,22(27)29-24)20(26)16(4)19(28-21)14(2)9-13/h10,12-15,18-19,21H,4,6-9,11H2,1-3,5H3/t13-,14-,15+,18+,19-,21-,23+,24+/m1/s1. The van der Waals surface area contributed by atoms with Gasteiger partial charge in [-0.25, -0.2) is 0 Å². The number of carbonyl (C=O) groups is 3. The third kappa shape index (κ3) is 2.80. The molecule has 1 aliphatic carbocycles. The Bertz CT molecular complexity index is 797. The van der Waals surface area contributed by atoms with Crippen molar-refractivity contribution in [3.8, 4) is 0 Å². The van der Waals surface area contributed by atoms with E-state index in [1.807, 2.05) is 13.0 Å². The van der Waals surface area contributed by atoms with Crippen LogP contribution in [0.4, 0.5) is 0 Å². The number of esters is 1. The molecule has 5 heteroatoms. The first-order valence-electron chi connectivity index (χ1n) is 10.9. The van der Waals surface area contributed by atoms with Crippen molar-refractivity contribution in [1.29, 1.82) is 0 Å². The van der Waals surface area contributed by atoms with Crippen molar-refractivity contribution in [3.63, 3.8) is 0 Å². The number of carbonyl (C=O) groups excluding carboxylic acids is 3. The Morgan fingerprint density at radius 3 is 2.62 bits per heavy atom. The lowest BCUT2D eigenvalue weighted by atomic mass is 9.61. The summed E-state index contributed by atoms with van der Waals surface area (Å²) in [6.07, 6.45) is 6.14. The van der Waals surface area contributed by atoms with E-state index < -0.39 is 29.2 Å². The molecule has 0 aromatic carbocycles. The Kier molecular flexibility index (Phi) is 4.88. The molecule has 0 N–H and O–H groups in total. The van der Waals surface area contributed by atoms with Crippen LogP contribution < -0.4 is 0 Å². The number of ketones is 1. The molecule has 5 nitrogen and oxygen atoms in total. The average molecular weight is 401 g/mol. The zero-order valence-electron chi connectivity index (χ0n) is 17.9. The molecule has 158 valence electrons. The first-order chi connectivity index (χ1) is 13.6. The maximum absolute atomic E-state index is 13.4. The van der Waals surface area contributed by atoms with Crippen molar-refractivity contribution in [2.45, 2.75) is 77.6 Å². The molecule has 0 unspecified atom stereocenters. The van der Waals surface area contributed by atoms with Gasteiger partial charge >= 0.3 is 5.97 Å². The monoisotopic (exact) mass is 400 g/mol. The predicted molar refractivity (Wildman–Crippen MR) is 108 cm³/mol. The second kappa shape index (κ2) is 6.90. The van der Waals surface area contributed by atoms with Crippen LogP contribution in [0, 0.1) is 29.1 Å². The summed E-state index contributed by atoms with van der Waals surface area (Å²) in [5, 5.41) is 0. The molecule has 0 radical (unpaired) electrons. The smallest absolute Gasteiger partial charge is 0.323 e. The van der Waals surface area contributed by atoms with Gasteiger partial charge in [-0.15, -0.1) is 0 Å². The van der Waals surface area contributed by atoms with E-state index in [9.17, 15) is 14.4 Å². The van der Waals surface area contributed by atoms with Gasteiger partial charge in [0.25, 0.3) is 0 Å². The summed E-state index contributed by atoms with van der Waals surface area (Å²) in [6, 6.07) is 0. The summed E-state index contributed by atoms with van der Waals surface area (Å²) < 4.78 is 12.7. The number of ether oxygens (including phenoxy) is 2. The van der Waals surface area contributed by atoms with Crippen molar-refractivity contribution in [2.24, 2.45) is 29.1 Å². The van der Waals surface area contributed by atoms with Gasteiger partial charge in [-0.05, 0) is 49.5 Å². The molecule has 2 bridgehead atoms. The van der Waals surface area contributed by atoms with Crippen LogP contribution in [-0.2, 0) is 23.9 Å². The molecule has 3 aliphatic heterocycles. The van der Waals surface area contributed by atoms with E-state index in [-0.39, 0.29) is 23.5 Å². The normalized spacial score (nSPS) is 47.6. The molecule has 8 atom stereocenters. The van der Waals surface area contributed by atoms with Gasteiger partial charge in [-0.2, -0.15) is 0 Å². The molecule has 0 aromatic heterocycles. The van der Waals surface area contributed by atoms with Crippen molar-refractivity contribution in [3.05, 3.63) is 23.8 Å². The van der Waals surface area contributed by atoms with E-state index in [0.29, 0.717) is 17.9 Å². The number of allylic oxidation sites excluding steroid dienone is 1. The fourth-order valence-corrected chi connectivity index (χ4v) is 6.31. The SMILES string of the molecule is C=C1C(=O)[C@]2(C)C(=O)O[C@@]34C[C@H](C)C(C=O)=C[C@@H]3CCC[C@@H](C)C[C@@H](C)[C@H]1O[C@H]24. The number of fused-ring (bicyclic) bond motifs is 1. The van der Waals surface area contributed by atoms with Gasteiger partial charge in [0, 0.05) is 11.5 Å². The maximum atomic E-state index is 13.4. The van der Waals surface area contributed by atoms with Crippen LogP contribution in [-0.4, -0.2) is 35.8 Å². The fourth-order valence-electron chi connectivity index (χ4n) is 6.31. The molecule has 0 amide bonds. The third-order valence-corrected chi connectivity index (χ3v) is 7.92. The lowest BCUT2D eigenvalue weighted by Gasteiger charge is -2.48. The minimum atomic E-state index is -1.36. The van der Waals surface area contributed by atoms with Gasteiger partial charge in [0.05, 0.1) is 6.10 Å². The Morgan fingerprint density at radius 1 is 1.21 bits per heavy atom. The van der Waals surface area contributed by atoms with Crippen LogP contribution in [0.3, 0.4) is 0 Å². The van der Waals surface area contributed by atoms with Crippen molar-refractivity contribution < 1.29 is 23.9 Å². The quantitative estimate of drug-likeness (QED) is 0.290. The van der Waals surface area contributed by atoms with Gasteiger partial charge in [-0.1, -0.05) is 46.3 Å². The summed E-state index contributed by atoms with van der Waals surface area (Å²) in [5.41, 5.74) is -1.12. The van der Waals surface area contributed by atoms with E-state index in [1.54, 1.807) is 6.92 Å². The molecule has 3 fully saturated rings. The Balaban J connectivity index is 1.88. The highest BCUT2D eigenvalue weighted by Gasteiger charge is 2.72. The molecular weight excluding hydrogens is 368 g/mol. The number of aldehydes is 1. The largest absolute Gasteiger partial charge is 0.455 e. The molecule has 3 heterocycles. The Labute approximate surface area is 172 Å². The van der Waals surface area contributed by atoms with E-state index in [4.69, 9.17) is 9.47 Å².